The van der Waals surface area contributed by atoms with E-state index in [1.54, 1.807) is 31.4 Å². The van der Waals surface area contributed by atoms with Gasteiger partial charge in [0, 0.05) is 37.1 Å². The Morgan fingerprint density at radius 2 is 1.85 bits per heavy atom. The lowest BCUT2D eigenvalue weighted by atomic mass is 9.99. The minimum Gasteiger partial charge on any atom is -0.496 e. The number of para-hydroxylation sites is 1. The molecular weight excluding hydrogens is 560 g/mol. The number of nitrogens with two attached hydrogens (primary N) is 1. The van der Waals surface area contributed by atoms with Crippen LogP contribution in [-0.2, 0) is 15.6 Å². The summed E-state index contributed by atoms with van der Waals surface area (Å²) in [7, 11) is -1.85. The zero-order chi connectivity index (χ0) is 29.0. The molecule has 0 aliphatic carbocycles. The Morgan fingerprint density at radius 1 is 1.12 bits per heavy atom. The van der Waals surface area contributed by atoms with Crippen molar-refractivity contribution in [1.29, 1.82) is 0 Å². The fourth-order valence-electron chi connectivity index (χ4n) is 6.05. The second kappa shape index (κ2) is 12.6. The van der Waals surface area contributed by atoms with Gasteiger partial charge in [0.25, 0.3) is 0 Å². The standard InChI is InChI=1S/C30H41ClN6O3S/c1-3-19-41(38,39)28-10-6-5-9-26(28)34-29-25(31)21-33-30(32,35-29)24-12-11-23(20-27(24)40-2)37-17-13-22(14-18-37)36-15-7-4-8-16-36/h5-6,9-12,20-22,34-35H,3-4,7-8,13-19,32H2,1-2H3. The van der Waals surface area contributed by atoms with Crippen LogP contribution in [0.3, 0.4) is 0 Å². The predicted molar refractivity (Wildman–Crippen MR) is 166 cm³/mol. The Hall–Kier alpha value is -2.79. The molecule has 11 heteroatoms. The van der Waals surface area contributed by atoms with E-state index in [-0.39, 0.29) is 15.7 Å². The van der Waals surface area contributed by atoms with Crippen molar-refractivity contribution in [1.82, 2.24) is 10.2 Å². The number of piperidine rings is 2. The van der Waals surface area contributed by atoms with Crippen LogP contribution < -0.4 is 26.0 Å². The van der Waals surface area contributed by atoms with Crippen LogP contribution >= 0.6 is 11.6 Å². The minimum atomic E-state index is -3.47. The summed E-state index contributed by atoms with van der Waals surface area (Å²) in [5.41, 5.74) is 8.94. The van der Waals surface area contributed by atoms with E-state index in [2.05, 4.69) is 31.5 Å². The van der Waals surface area contributed by atoms with E-state index in [1.807, 2.05) is 19.1 Å². The number of nitrogens with one attached hydrogen (secondary N) is 2. The monoisotopic (exact) mass is 600 g/mol. The number of nitrogens with zero attached hydrogens (tertiary/aromatic N) is 3. The molecule has 222 valence electrons. The second-order valence-corrected chi connectivity index (χ2v) is 13.5. The first-order chi connectivity index (χ1) is 19.7. The average Bonchev–Trinajstić information content (AvgIpc) is 2.99. The Balaban J connectivity index is 1.33. The van der Waals surface area contributed by atoms with Gasteiger partial charge in [-0.2, -0.15) is 0 Å². The van der Waals surface area contributed by atoms with Gasteiger partial charge < -0.3 is 25.2 Å². The maximum absolute atomic E-state index is 12.9. The van der Waals surface area contributed by atoms with Crippen molar-refractivity contribution in [3.63, 3.8) is 0 Å². The number of halogens is 1. The third-order valence-electron chi connectivity index (χ3n) is 8.22. The molecule has 0 radical (unpaired) electrons. The Bertz CT molecular complexity index is 1400. The summed E-state index contributed by atoms with van der Waals surface area (Å²) in [6.07, 6.45) is 8.30. The molecule has 0 saturated carbocycles. The third kappa shape index (κ3) is 6.51. The molecule has 1 atom stereocenters. The van der Waals surface area contributed by atoms with Crippen LogP contribution in [0.5, 0.6) is 5.75 Å². The molecule has 3 heterocycles. The molecular formula is C30H41ClN6O3S. The van der Waals surface area contributed by atoms with E-state index in [1.165, 1.54) is 38.6 Å². The van der Waals surface area contributed by atoms with Gasteiger partial charge in [-0.15, -0.1) is 0 Å². The fourth-order valence-corrected chi connectivity index (χ4v) is 7.69. The first-order valence-corrected chi connectivity index (χ1v) is 16.6. The Labute approximate surface area is 248 Å². The Morgan fingerprint density at radius 3 is 2.56 bits per heavy atom. The van der Waals surface area contributed by atoms with Crippen LogP contribution in [0.4, 0.5) is 11.4 Å². The lowest BCUT2D eigenvalue weighted by Gasteiger charge is -2.41. The van der Waals surface area contributed by atoms with Crippen LogP contribution in [0.2, 0.25) is 0 Å². The predicted octanol–water partition coefficient (Wildman–Crippen LogP) is 4.60. The van der Waals surface area contributed by atoms with Crippen molar-refractivity contribution in [3.05, 3.63) is 58.9 Å². The van der Waals surface area contributed by atoms with Crippen molar-refractivity contribution in [2.75, 3.05) is 49.3 Å². The zero-order valence-corrected chi connectivity index (χ0v) is 25.5. The molecule has 2 aromatic rings. The Kier molecular flexibility index (Phi) is 9.13. The third-order valence-corrected chi connectivity index (χ3v) is 10.5. The number of allylic oxidation sites excluding steroid dienone is 1. The summed E-state index contributed by atoms with van der Waals surface area (Å²) in [5.74, 6) is -0.373. The number of hydrogen-bond acceptors (Lipinski definition) is 9. The van der Waals surface area contributed by atoms with Crippen LogP contribution in [0, 0.1) is 0 Å². The van der Waals surface area contributed by atoms with Gasteiger partial charge >= 0.3 is 0 Å². The number of ether oxygens (including phenoxy) is 1. The first-order valence-electron chi connectivity index (χ1n) is 14.5. The average molecular weight is 601 g/mol. The highest BCUT2D eigenvalue weighted by molar-refractivity contribution is 7.91. The maximum Gasteiger partial charge on any atom is 0.213 e. The number of anilines is 2. The van der Waals surface area contributed by atoms with Gasteiger partial charge in [-0.05, 0) is 69.5 Å². The van der Waals surface area contributed by atoms with Gasteiger partial charge in [-0.25, -0.2) is 13.4 Å². The number of rotatable bonds is 9. The number of hydrogen-bond donors (Lipinski definition) is 3. The molecule has 2 fully saturated rings. The minimum absolute atomic E-state index is 0.0493. The number of sulfone groups is 1. The molecule has 2 aromatic carbocycles. The number of benzene rings is 2. The number of methoxy groups -OCH3 is 1. The van der Waals surface area contributed by atoms with Crippen LogP contribution in [-0.4, -0.2) is 64.6 Å². The molecule has 3 aliphatic rings. The highest BCUT2D eigenvalue weighted by Gasteiger charge is 2.35. The molecule has 0 aromatic heterocycles. The van der Waals surface area contributed by atoms with E-state index in [9.17, 15) is 8.42 Å². The smallest absolute Gasteiger partial charge is 0.213 e. The second-order valence-electron chi connectivity index (χ2n) is 11.0. The highest BCUT2D eigenvalue weighted by Crippen LogP contribution is 2.36. The lowest BCUT2D eigenvalue weighted by molar-refractivity contribution is 0.141. The van der Waals surface area contributed by atoms with E-state index in [0.717, 1.165) is 31.6 Å². The number of aliphatic imine (C=N–C) groups is 1. The lowest BCUT2D eigenvalue weighted by Crippen LogP contribution is -2.52. The molecule has 0 spiro atoms. The summed E-state index contributed by atoms with van der Waals surface area (Å²) >= 11 is 6.50. The molecule has 5 rings (SSSR count). The van der Waals surface area contributed by atoms with E-state index in [4.69, 9.17) is 22.1 Å². The zero-order valence-electron chi connectivity index (χ0n) is 23.9. The molecule has 3 aliphatic heterocycles. The number of likely N-dealkylation sites (tertiary alicyclic amines) is 1. The molecule has 41 heavy (non-hydrogen) atoms. The summed E-state index contributed by atoms with van der Waals surface area (Å²) in [6.45, 7) is 6.30. The van der Waals surface area contributed by atoms with Gasteiger partial charge in [0.1, 0.15) is 11.6 Å². The molecule has 0 bridgehead atoms. The van der Waals surface area contributed by atoms with Gasteiger partial charge in [0.2, 0.25) is 5.79 Å². The first kappa shape index (κ1) is 29.7. The van der Waals surface area contributed by atoms with E-state index >= 15 is 0 Å². The maximum atomic E-state index is 12.9. The summed E-state index contributed by atoms with van der Waals surface area (Å²) in [5, 5.41) is 6.63. The van der Waals surface area contributed by atoms with Crippen LogP contribution in [0.15, 0.2) is 63.2 Å². The van der Waals surface area contributed by atoms with Gasteiger partial charge in [0.05, 0.1) is 34.0 Å². The molecule has 0 amide bonds. The van der Waals surface area contributed by atoms with Crippen molar-refractivity contribution >= 4 is 39.0 Å². The normalized spacial score (nSPS) is 22.5. The van der Waals surface area contributed by atoms with Crippen molar-refractivity contribution in [2.24, 2.45) is 10.7 Å². The van der Waals surface area contributed by atoms with Gasteiger partial charge in [-0.3, -0.25) is 5.73 Å². The van der Waals surface area contributed by atoms with Gasteiger partial charge in [-0.1, -0.05) is 37.1 Å². The van der Waals surface area contributed by atoms with Crippen molar-refractivity contribution in [3.8, 4) is 5.75 Å². The van der Waals surface area contributed by atoms with Crippen LogP contribution in [0.1, 0.15) is 51.0 Å². The largest absolute Gasteiger partial charge is 0.496 e. The van der Waals surface area contributed by atoms with E-state index < -0.39 is 15.6 Å². The van der Waals surface area contributed by atoms with E-state index in [0.29, 0.717) is 35.3 Å². The molecule has 4 N–H and O–H groups in total. The summed E-state index contributed by atoms with van der Waals surface area (Å²) in [4.78, 5) is 9.80. The highest BCUT2D eigenvalue weighted by atomic mass is 35.5. The van der Waals surface area contributed by atoms with Crippen molar-refractivity contribution in [2.45, 2.75) is 62.2 Å². The molecule has 1 unspecified atom stereocenters. The quantitative estimate of drug-likeness (QED) is 0.383. The fraction of sp³-hybridized carbons (Fsp3) is 0.500. The van der Waals surface area contributed by atoms with Crippen LogP contribution in [0.25, 0.3) is 0 Å². The molecule has 9 nitrogen and oxygen atoms in total. The van der Waals surface area contributed by atoms with Crippen molar-refractivity contribution < 1.29 is 13.2 Å². The summed E-state index contributed by atoms with van der Waals surface area (Å²) in [6, 6.07) is 13.4. The topological polar surface area (TPSA) is 112 Å². The molecule has 2 saturated heterocycles. The van der Waals surface area contributed by atoms with Gasteiger partial charge in [0.15, 0.2) is 9.84 Å². The SMILES string of the molecule is CCCS(=O)(=O)c1ccccc1NC1=C(Cl)C=NC(N)(c2ccc(N3CCC(N4CCCCC4)CC3)cc2OC)N1. The summed E-state index contributed by atoms with van der Waals surface area (Å²) < 4.78 is 31.6.